The number of primary amides is 1. The van der Waals surface area contributed by atoms with Crippen LogP contribution in [0.25, 0.3) is 0 Å². The van der Waals surface area contributed by atoms with Crippen molar-refractivity contribution in [2.45, 2.75) is 13.3 Å². The van der Waals surface area contributed by atoms with E-state index in [2.05, 4.69) is 4.90 Å². The van der Waals surface area contributed by atoms with E-state index in [1.807, 2.05) is 31.2 Å². The van der Waals surface area contributed by atoms with Gasteiger partial charge in [-0.25, -0.2) is 0 Å². The normalized spacial score (nSPS) is 11.9. The molecule has 1 aromatic carbocycles. The number of carbonyl (C=O) groups excluding carboxylic acids is 1. The second-order valence-electron chi connectivity index (χ2n) is 4.59. The fourth-order valence-corrected chi connectivity index (χ4v) is 1.82. The summed E-state index contributed by atoms with van der Waals surface area (Å²) in [5, 5.41) is 0. The summed E-state index contributed by atoms with van der Waals surface area (Å²) in [6.45, 7) is 3.86. The molecule has 5 heteroatoms. The largest absolute Gasteiger partial charge is 0.497 e. The van der Waals surface area contributed by atoms with E-state index in [0.717, 1.165) is 24.4 Å². The highest BCUT2D eigenvalue weighted by Crippen LogP contribution is 2.20. The molecule has 0 bridgehead atoms. The first-order valence-corrected chi connectivity index (χ1v) is 6.47. The van der Waals surface area contributed by atoms with E-state index in [9.17, 15) is 4.79 Å². The third-order valence-electron chi connectivity index (χ3n) is 3.05. The van der Waals surface area contributed by atoms with E-state index in [4.69, 9.17) is 16.2 Å². The van der Waals surface area contributed by atoms with Crippen molar-refractivity contribution < 1.29 is 9.53 Å². The van der Waals surface area contributed by atoms with Gasteiger partial charge in [0.1, 0.15) is 5.75 Å². The van der Waals surface area contributed by atoms with Crippen LogP contribution in [0.4, 0.5) is 5.69 Å². The molecule has 1 amide bonds. The number of hydrogen-bond acceptors (Lipinski definition) is 4. The maximum Gasteiger partial charge on any atom is 0.222 e. The molecule has 0 radical (unpaired) electrons. The van der Waals surface area contributed by atoms with Crippen LogP contribution in [0.3, 0.4) is 0 Å². The van der Waals surface area contributed by atoms with Crippen LogP contribution in [0, 0.1) is 5.92 Å². The third kappa shape index (κ3) is 4.79. The lowest BCUT2D eigenvalue weighted by atomic mass is 10.1. The number of benzene rings is 1. The van der Waals surface area contributed by atoms with E-state index in [-0.39, 0.29) is 11.8 Å². The molecule has 0 aliphatic heterocycles. The molecule has 1 aromatic rings. The summed E-state index contributed by atoms with van der Waals surface area (Å²) in [6, 6.07) is 7.76. The van der Waals surface area contributed by atoms with E-state index < -0.39 is 0 Å². The van der Waals surface area contributed by atoms with Crippen molar-refractivity contribution in [1.82, 2.24) is 0 Å². The highest BCUT2D eigenvalue weighted by atomic mass is 16.5. The highest BCUT2D eigenvalue weighted by molar-refractivity contribution is 5.77. The zero-order valence-electron chi connectivity index (χ0n) is 11.6. The average Bonchev–Trinajstić information content (AvgIpc) is 2.43. The summed E-state index contributed by atoms with van der Waals surface area (Å²) in [5.74, 6) is 0.330. The van der Waals surface area contributed by atoms with Gasteiger partial charge >= 0.3 is 0 Å². The fourth-order valence-electron chi connectivity index (χ4n) is 1.82. The monoisotopic (exact) mass is 265 g/mol. The third-order valence-corrected chi connectivity index (χ3v) is 3.05. The lowest BCUT2D eigenvalue weighted by molar-refractivity contribution is -0.121. The van der Waals surface area contributed by atoms with Crippen molar-refractivity contribution in [3.8, 4) is 5.75 Å². The van der Waals surface area contributed by atoms with E-state index in [1.165, 1.54) is 0 Å². The number of methoxy groups -OCH3 is 1. The van der Waals surface area contributed by atoms with Gasteiger partial charge in [-0.2, -0.15) is 0 Å². The molecule has 4 N–H and O–H groups in total. The molecule has 0 spiro atoms. The highest BCUT2D eigenvalue weighted by Gasteiger charge is 2.14. The van der Waals surface area contributed by atoms with Crippen molar-refractivity contribution >= 4 is 11.6 Å². The molecule has 0 saturated carbocycles. The van der Waals surface area contributed by atoms with Crippen LogP contribution in [0.2, 0.25) is 0 Å². The van der Waals surface area contributed by atoms with Gasteiger partial charge in [0.2, 0.25) is 5.91 Å². The average molecular weight is 265 g/mol. The minimum atomic E-state index is -0.286. The van der Waals surface area contributed by atoms with Crippen LogP contribution in [-0.2, 0) is 4.79 Å². The molecular weight excluding hydrogens is 242 g/mol. The standard InChI is InChI=1S/C14H23N3O2/c1-11(14(16)18)10-17(9-3-8-15)12-4-6-13(19-2)7-5-12/h4-7,11H,3,8-10,15H2,1-2H3,(H2,16,18). The Hall–Kier alpha value is -1.75. The Balaban J connectivity index is 2.78. The van der Waals surface area contributed by atoms with Crippen molar-refractivity contribution in [1.29, 1.82) is 0 Å². The maximum atomic E-state index is 11.2. The molecule has 5 nitrogen and oxygen atoms in total. The van der Waals surface area contributed by atoms with Crippen LogP contribution in [0.15, 0.2) is 24.3 Å². The first-order valence-electron chi connectivity index (χ1n) is 6.47. The van der Waals surface area contributed by atoms with Gasteiger partial charge in [-0.3, -0.25) is 4.79 Å². The Morgan fingerprint density at radius 2 is 2.00 bits per heavy atom. The number of hydrogen-bond donors (Lipinski definition) is 2. The lowest BCUT2D eigenvalue weighted by Gasteiger charge is -2.27. The number of ether oxygens (including phenoxy) is 1. The first kappa shape index (κ1) is 15.3. The number of nitrogens with two attached hydrogens (primary N) is 2. The zero-order chi connectivity index (χ0) is 14.3. The summed E-state index contributed by atoms with van der Waals surface area (Å²) in [6.07, 6.45) is 0.873. The van der Waals surface area contributed by atoms with Crippen molar-refractivity contribution in [3.05, 3.63) is 24.3 Å². The summed E-state index contributed by atoms with van der Waals surface area (Å²) in [7, 11) is 1.64. The molecule has 0 saturated heterocycles. The minimum Gasteiger partial charge on any atom is -0.497 e. The second-order valence-corrected chi connectivity index (χ2v) is 4.59. The second kappa shape index (κ2) is 7.63. The minimum absolute atomic E-state index is 0.195. The number of amides is 1. The molecule has 1 atom stereocenters. The quantitative estimate of drug-likeness (QED) is 0.734. The van der Waals surface area contributed by atoms with Crippen LogP contribution >= 0.6 is 0 Å². The van der Waals surface area contributed by atoms with Gasteiger partial charge < -0.3 is 21.1 Å². The molecule has 1 unspecified atom stereocenters. The lowest BCUT2D eigenvalue weighted by Crippen LogP contribution is -2.36. The van der Waals surface area contributed by atoms with Gasteiger partial charge in [-0.1, -0.05) is 6.92 Å². The van der Waals surface area contributed by atoms with Gasteiger partial charge in [0.25, 0.3) is 0 Å². The SMILES string of the molecule is COc1ccc(N(CCCN)CC(C)C(N)=O)cc1. The Kier molecular flexibility index (Phi) is 6.15. The molecule has 0 aliphatic carbocycles. The van der Waals surface area contributed by atoms with Crippen molar-refractivity contribution in [2.24, 2.45) is 17.4 Å². The molecule has 0 heterocycles. The smallest absolute Gasteiger partial charge is 0.222 e. The van der Waals surface area contributed by atoms with Gasteiger partial charge in [-0.05, 0) is 37.2 Å². The van der Waals surface area contributed by atoms with Crippen molar-refractivity contribution in [3.63, 3.8) is 0 Å². The molecule has 106 valence electrons. The van der Waals surface area contributed by atoms with E-state index >= 15 is 0 Å². The molecule has 0 fully saturated rings. The predicted octanol–water partition coefficient (Wildman–Crippen LogP) is 0.972. The number of rotatable bonds is 8. The Morgan fingerprint density at radius 3 is 2.47 bits per heavy atom. The number of anilines is 1. The summed E-state index contributed by atoms with van der Waals surface area (Å²) >= 11 is 0. The predicted molar refractivity (Wildman–Crippen MR) is 77.2 cm³/mol. The number of carbonyl (C=O) groups is 1. The fraction of sp³-hybridized carbons (Fsp3) is 0.500. The molecule has 1 rings (SSSR count). The summed E-state index contributed by atoms with van der Waals surface area (Å²) < 4.78 is 5.14. The Bertz CT molecular complexity index is 392. The molecule has 0 aromatic heterocycles. The topological polar surface area (TPSA) is 81.6 Å². The molecular formula is C14H23N3O2. The van der Waals surface area contributed by atoms with E-state index in [0.29, 0.717) is 13.1 Å². The molecule has 19 heavy (non-hydrogen) atoms. The van der Waals surface area contributed by atoms with E-state index in [1.54, 1.807) is 7.11 Å². The van der Waals surface area contributed by atoms with Gasteiger partial charge in [0.15, 0.2) is 0 Å². The first-order chi connectivity index (χ1) is 9.08. The Morgan fingerprint density at radius 1 is 1.37 bits per heavy atom. The van der Waals surface area contributed by atoms with Crippen LogP contribution in [-0.4, -0.2) is 32.7 Å². The van der Waals surface area contributed by atoms with Gasteiger partial charge in [0, 0.05) is 18.8 Å². The maximum absolute atomic E-state index is 11.2. The van der Waals surface area contributed by atoms with Crippen LogP contribution in [0.1, 0.15) is 13.3 Å². The Labute approximate surface area is 114 Å². The number of nitrogens with zero attached hydrogens (tertiary/aromatic N) is 1. The van der Waals surface area contributed by atoms with Gasteiger partial charge in [0.05, 0.1) is 13.0 Å². The van der Waals surface area contributed by atoms with Crippen molar-refractivity contribution in [2.75, 3.05) is 31.6 Å². The summed E-state index contributed by atoms with van der Waals surface area (Å²) in [4.78, 5) is 13.3. The van der Waals surface area contributed by atoms with Crippen LogP contribution in [0.5, 0.6) is 5.75 Å². The summed E-state index contributed by atoms with van der Waals surface area (Å²) in [5.41, 5.74) is 11.9. The van der Waals surface area contributed by atoms with Gasteiger partial charge in [-0.15, -0.1) is 0 Å². The molecule has 0 aliphatic rings. The van der Waals surface area contributed by atoms with Crippen LogP contribution < -0.4 is 21.1 Å². The zero-order valence-corrected chi connectivity index (χ0v) is 11.6.